The first-order valence-corrected chi connectivity index (χ1v) is 13.0. The molecule has 5 atom stereocenters. The second kappa shape index (κ2) is 17.3. The minimum atomic E-state index is -0.273. The monoisotopic (exact) mass is 502 g/mol. The first-order chi connectivity index (χ1) is 15.3. The van der Waals surface area contributed by atoms with Crippen molar-refractivity contribution in [1.29, 1.82) is 0 Å². The third-order valence-electron chi connectivity index (χ3n) is 6.57. The Morgan fingerprint density at radius 1 is 0.594 bits per heavy atom. The van der Waals surface area contributed by atoms with Gasteiger partial charge >= 0.3 is 0 Å². The van der Waals surface area contributed by atoms with Gasteiger partial charge in [0.15, 0.2) is 0 Å². The number of hydrogen-bond acceptors (Lipinski definition) is 2. The molecule has 0 radical (unpaired) electrons. The fourth-order valence-electron chi connectivity index (χ4n) is 4.83. The number of rotatable bonds is 2. The molecule has 0 aromatic rings. The molecule has 5 aliphatic heterocycles. The maximum atomic E-state index is 4.67. The van der Waals surface area contributed by atoms with Crippen molar-refractivity contribution in [3.05, 3.63) is 38.9 Å². The molecule has 5 unspecified atom stereocenters. The zero-order valence-corrected chi connectivity index (χ0v) is 21.1. The SMILES string of the molecule is C1CCC(C2CCCC[N-]2)[N-]C1.C1CCC(C2CCCC[N-]2)[N-]C1.[Ni].[S-]C1N=CC=C[N-]1. The van der Waals surface area contributed by atoms with E-state index in [-0.39, 0.29) is 22.0 Å². The Bertz CT molecular complexity index is 447. The Morgan fingerprint density at radius 3 is 1.16 bits per heavy atom. The summed E-state index contributed by atoms with van der Waals surface area (Å²) < 4.78 is 0. The smallest absolute Gasteiger partial charge is 0.0155 e. The second-order valence-corrected chi connectivity index (χ2v) is 9.41. The Hall–Kier alpha value is -0.106. The molecule has 0 saturated carbocycles. The Kier molecular flexibility index (Phi) is 15.3. The summed E-state index contributed by atoms with van der Waals surface area (Å²) in [6, 6.07) is 2.39. The van der Waals surface area contributed by atoms with Gasteiger partial charge in [-0.25, -0.2) is 0 Å². The maximum absolute atomic E-state index is 4.67. The summed E-state index contributed by atoms with van der Waals surface area (Å²) in [7, 11) is 0. The van der Waals surface area contributed by atoms with Gasteiger partial charge in [0.1, 0.15) is 0 Å². The van der Waals surface area contributed by atoms with Crippen molar-refractivity contribution in [3.63, 3.8) is 0 Å². The van der Waals surface area contributed by atoms with Crippen LogP contribution in [0, 0.1) is 0 Å². The van der Waals surface area contributed by atoms with E-state index in [1.165, 1.54) is 77.0 Å². The summed E-state index contributed by atoms with van der Waals surface area (Å²) in [6.07, 6.45) is 21.0. The third-order valence-corrected chi connectivity index (χ3v) is 6.82. The van der Waals surface area contributed by atoms with Crippen LogP contribution < -0.4 is 0 Å². The van der Waals surface area contributed by atoms with Gasteiger partial charge in [0.25, 0.3) is 0 Å². The third kappa shape index (κ3) is 10.9. The van der Waals surface area contributed by atoms with Crippen LogP contribution in [-0.2, 0) is 29.1 Å². The van der Waals surface area contributed by atoms with E-state index < -0.39 is 0 Å². The minimum absolute atomic E-state index is 0. The van der Waals surface area contributed by atoms with Crippen molar-refractivity contribution in [2.24, 2.45) is 4.99 Å². The zero-order valence-electron chi connectivity index (χ0n) is 19.3. The first-order valence-electron chi connectivity index (χ1n) is 12.5. The summed E-state index contributed by atoms with van der Waals surface area (Å²) in [5, 5.41) is 22.4. The van der Waals surface area contributed by atoms with E-state index in [0.717, 1.165) is 26.2 Å². The van der Waals surface area contributed by atoms with Crippen LogP contribution in [0.4, 0.5) is 0 Å². The molecule has 6 nitrogen and oxygen atoms in total. The molecule has 8 heteroatoms. The van der Waals surface area contributed by atoms with E-state index in [1.807, 2.05) is 0 Å². The van der Waals surface area contributed by atoms with Gasteiger partial charge in [0.2, 0.25) is 0 Å². The molecule has 4 fully saturated rings. The molecule has 188 valence electrons. The molecular formula is C24H40N6NiS-6. The number of hydrogen-bond donors (Lipinski definition) is 0. The average molecular weight is 503 g/mol. The molecule has 0 amide bonds. The second-order valence-electron chi connectivity index (χ2n) is 8.99. The van der Waals surface area contributed by atoms with Crippen LogP contribution in [-0.4, -0.2) is 62.1 Å². The molecule has 0 N–H and O–H groups in total. The van der Waals surface area contributed by atoms with E-state index in [1.54, 1.807) is 18.5 Å². The van der Waals surface area contributed by atoms with E-state index in [2.05, 4.69) is 44.2 Å². The van der Waals surface area contributed by atoms with Crippen LogP contribution in [0.2, 0.25) is 0 Å². The van der Waals surface area contributed by atoms with Gasteiger partial charge in [-0.15, -0.1) is 31.7 Å². The molecule has 0 bridgehead atoms. The van der Waals surface area contributed by atoms with Crippen molar-refractivity contribution >= 4 is 18.8 Å². The number of aliphatic imine (C=N–C) groups is 1. The normalized spacial score (nSPS) is 34.5. The molecule has 4 saturated heterocycles. The molecule has 0 aromatic carbocycles. The minimum Gasteiger partial charge on any atom is -0.786 e. The van der Waals surface area contributed by atoms with E-state index >= 15 is 0 Å². The maximum Gasteiger partial charge on any atom is 0.0155 e. The molecule has 0 aromatic heterocycles. The predicted molar refractivity (Wildman–Crippen MR) is 136 cm³/mol. The van der Waals surface area contributed by atoms with Crippen molar-refractivity contribution in [3.8, 4) is 0 Å². The Labute approximate surface area is 211 Å². The van der Waals surface area contributed by atoms with Crippen molar-refractivity contribution < 1.29 is 16.5 Å². The summed E-state index contributed by atoms with van der Waals surface area (Å²) >= 11 is 4.67. The Balaban J connectivity index is 0.000000174. The fourth-order valence-corrected chi connectivity index (χ4v) is 4.98. The van der Waals surface area contributed by atoms with Crippen LogP contribution in [0.5, 0.6) is 0 Å². The topological polar surface area (TPSA) is 82.9 Å². The molecule has 0 aliphatic carbocycles. The van der Waals surface area contributed by atoms with Crippen molar-refractivity contribution in [1.82, 2.24) is 0 Å². The fraction of sp³-hybridized carbons (Fsp3) is 0.875. The molecule has 5 heterocycles. The van der Waals surface area contributed by atoms with Crippen LogP contribution in [0.3, 0.4) is 0 Å². The van der Waals surface area contributed by atoms with Gasteiger partial charge in [-0.05, 0) is 0 Å². The van der Waals surface area contributed by atoms with Gasteiger partial charge in [-0.1, -0.05) is 83.1 Å². The van der Waals surface area contributed by atoms with Crippen LogP contribution in [0.1, 0.15) is 77.0 Å². The van der Waals surface area contributed by atoms with Gasteiger partial charge in [0.05, 0.1) is 0 Å². The predicted octanol–water partition coefficient (Wildman–Crippen LogP) is 6.46. The molecule has 5 rings (SSSR count). The quantitative estimate of drug-likeness (QED) is 0.314. The van der Waals surface area contributed by atoms with E-state index in [9.17, 15) is 0 Å². The van der Waals surface area contributed by atoms with Gasteiger partial charge < -0.3 is 44.2 Å². The van der Waals surface area contributed by atoms with Gasteiger partial charge in [-0.3, -0.25) is 0 Å². The van der Waals surface area contributed by atoms with Crippen LogP contribution in [0.15, 0.2) is 17.3 Å². The van der Waals surface area contributed by atoms with Gasteiger partial charge in [0, 0.05) is 22.7 Å². The summed E-state index contributed by atoms with van der Waals surface area (Å²) in [4.78, 5) is 3.77. The number of nitrogens with zero attached hydrogens (tertiary/aromatic N) is 6. The number of piperidine rings is 4. The zero-order chi connectivity index (χ0) is 21.6. The average Bonchev–Trinajstić information content (AvgIpc) is 2.87. The summed E-state index contributed by atoms with van der Waals surface area (Å²) in [5.41, 5.74) is -0.273. The molecule has 5 aliphatic rings. The van der Waals surface area contributed by atoms with Crippen molar-refractivity contribution in [2.75, 3.05) is 26.2 Å². The van der Waals surface area contributed by atoms with Crippen LogP contribution in [0.25, 0.3) is 26.6 Å². The molecule has 0 spiro atoms. The molecule has 32 heavy (non-hydrogen) atoms. The van der Waals surface area contributed by atoms with E-state index in [0.29, 0.717) is 24.2 Å². The van der Waals surface area contributed by atoms with Crippen molar-refractivity contribution in [2.45, 2.75) is 107 Å². The standard InChI is InChI=1S/2C10H18N2.C4H5N2S.Ni/c2*1-3-7-11-9(5-1)10-6-2-4-8-12-10;7-4-5-2-1-3-6-4;/h2*9-10H,1-8H2;1-4H,(H-,5,6,7);/q2*-2;-1;/p-1. The molecular weight excluding hydrogens is 463 g/mol. The van der Waals surface area contributed by atoms with E-state index in [4.69, 9.17) is 0 Å². The summed E-state index contributed by atoms with van der Waals surface area (Å²) in [6.45, 7) is 4.38. The summed E-state index contributed by atoms with van der Waals surface area (Å²) in [5.74, 6) is 0. The van der Waals surface area contributed by atoms with Gasteiger partial charge in [-0.2, -0.15) is 30.4 Å². The largest absolute Gasteiger partial charge is 0.786 e. The first kappa shape index (κ1) is 28.1. The Morgan fingerprint density at radius 2 is 0.969 bits per heavy atom. The number of allylic oxidation sites excluding steroid dienone is 1. The van der Waals surface area contributed by atoms with Crippen LogP contribution >= 0.6 is 0 Å².